The van der Waals surface area contributed by atoms with E-state index in [1.54, 1.807) is 13.3 Å². The molecule has 1 aromatic heterocycles. The van der Waals surface area contributed by atoms with Gasteiger partial charge in [0.05, 0.1) is 13.3 Å². The molecule has 1 amide bonds. The van der Waals surface area contributed by atoms with Crippen LogP contribution in [0.4, 0.5) is 5.69 Å². The lowest BCUT2D eigenvalue weighted by atomic mass is 10.1. The van der Waals surface area contributed by atoms with Crippen molar-refractivity contribution in [1.29, 1.82) is 0 Å². The summed E-state index contributed by atoms with van der Waals surface area (Å²) in [7, 11) is 1.64. The topological polar surface area (TPSA) is 58.8 Å². The number of anilines is 1. The molecule has 1 saturated heterocycles. The van der Waals surface area contributed by atoms with Crippen LogP contribution in [0.25, 0.3) is 11.3 Å². The highest BCUT2D eigenvalue weighted by atomic mass is 35.5. The van der Waals surface area contributed by atoms with E-state index in [1.807, 2.05) is 47.4 Å². The lowest BCUT2D eigenvalue weighted by molar-refractivity contribution is -0.131. The second-order valence-corrected chi connectivity index (χ2v) is 8.08. The number of aromatic nitrogens is 1. The van der Waals surface area contributed by atoms with Crippen LogP contribution >= 0.6 is 11.6 Å². The Morgan fingerprint density at radius 1 is 1.13 bits per heavy atom. The van der Waals surface area contributed by atoms with E-state index in [4.69, 9.17) is 20.8 Å². The molecule has 0 atom stereocenters. The number of piperazine rings is 1. The van der Waals surface area contributed by atoms with Crippen molar-refractivity contribution in [1.82, 2.24) is 9.88 Å². The number of rotatable bonds is 6. The predicted octanol–water partition coefficient (Wildman–Crippen LogP) is 4.59. The first kappa shape index (κ1) is 21.2. The van der Waals surface area contributed by atoms with Crippen LogP contribution in [0.5, 0.6) is 5.75 Å². The SMILES string of the molecule is COc1ccc(-c2cnc(CCC(=O)N3CCN(c4cc(Cl)ccc4C)CC3)o2)cc1. The Labute approximate surface area is 187 Å². The highest BCUT2D eigenvalue weighted by molar-refractivity contribution is 6.30. The quantitative estimate of drug-likeness (QED) is 0.562. The van der Waals surface area contributed by atoms with Crippen molar-refractivity contribution in [3.8, 4) is 17.1 Å². The lowest BCUT2D eigenvalue weighted by Crippen LogP contribution is -2.49. The summed E-state index contributed by atoms with van der Waals surface area (Å²) in [5, 5.41) is 0.735. The van der Waals surface area contributed by atoms with Gasteiger partial charge in [-0.05, 0) is 48.9 Å². The first-order chi connectivity index (χ1) is 15.0. The number of benzene rings is 2. The van der Waals surface area contributed by atoms with E-state index in [0.717, 1.165) is 35.1 Å². The number of nitrogens with zero attached hydrogens (tertiary/aromatic N) is 3. The summed E-state index contributed by atoms with van der Waals surface area (Å²) < 4.78 is 11.0. The second-order valence-electron chi connectivity index (χ2n) is 7.65. The molecule has 3 aromatic rings. The van der Waals surface area contributed by atoms with Crippen LogP contribution < -0.4 is 9.64 Å². The Hall–Kier alpha value is -2.99. The molecule has 31 heavy (non-hydrogen) atoms. The van der Waals surface area contributed by atoms with Gasteiger partial charge in [-0.15, -0.1) is 0 Å². The van der Waals surface area contributed by atoms with E-state index in [-0.39, 0.29) is 5.91 Å². The molecule has 1 aliphatic rings. The maximum Gasteiger partial charge on any atom is 0.223 e. The first-order valence-electron chi connectivity index (χ1n) is 10.4. The highest BCUT2D eigenvalue weighted by Crippen LogP contribution is 2.26. The van der Waals surface area contributed by atoms with Gasteiger partial charge in [-0.2, -0.15) is 0 Å². The summed E-state index contributed by atoms with van der Waals surface area (Å²) >= 11 is 6.16. The summed E-state index contributed by atoms with van der Waals surface area (Å²) in [6.45, 7) is 5.09. The van der Waals surface area contributed by atoms with Crippen LogP contribution in [0.15, 0.2) is 53.1 Å². The monoisotopic (exact) mass is 439 g/mol. The van der Waals surface area contributed by atoms with E-state index < -0.39 is 0 Å². The molecule has 7 heteroatoms. The molecule has 162 valence electrons. The van der Waals surface area contributed by atoms with E-state index in [2.05, 4.69) is 16.8 Å². The number of amides is 1. The molecule has 0 bridgehead atoms. The summed E-state index contributed by atoms with van der Waals surface area (Å²) in [5.74, 6) is 2.19. The van der Waals surface area contributed by atoms with E-state index in [1.165, 1.54) is 5.56 Å². The fraction of sp³-hybridized carbons (Fsp3) is 0.333. The summed E-state index contributed by atoms with van der Waals surface area (Å²) in [5.41, 5.74) is 3.27. The van der Waals surface area contributed by atoms with Crippen molar-refractivity contribution < 1.29 is 13.9 Å². The fourth-order valence-electron chi connectivity index (χ4n) is 3.81. The Balaban J connectivity index is 1.29. The van der Waals surface area contributed by atoms with E-state index in [9.17, 15) is 4.79 Å². The highest BCUT2D eigenvalue weighted by Gasteiger charge is 2.22. The van der Waals surface area contributed by atoms with Crippen molar-refractivity contribution in [3.63, 3.8) is 0 Å². The average molecular weight is 440 g/mol. The van der Waals surface area contributed by atoms with Gasteiger partial charge in [0.1, 0.15) is 5.75 Å². The normalized spacial score (nSPS) is 14.0. The van der Waals surface area contributed by atoms with Crippen molar-refractivity contribution in [2.75, 3.05) is 38.2 Å². The van der Waals surface area contributed by atoms with Crippen molar-refractivity contribution >= 4 is 23.2 Å². The molecule has 0 radical (unpaired) electrons. The summed E-state index contributed by atoms with van der Waals surface area (Å²) in [6, 6.07) is 13.5. The number of carbonyl (C=O) groups is 1. The maximum atomic E-state index is 12.7. The third-order valence-corrected chi connectivity index (χ3v) is 5.86. The van der Waals surface area contributed by atoms with Crippen molar-refractivity contribution in [2.45, 2.75) is 19.8 Å². The first-order valence-corrected chi connectivity index (χ1v) is 10.8. The Bertz CT molecular complexity index is 1040. The van der Waals surface area contributed by atoms with E-state index in [0.29, 0.717) is 37.6 Å². The third kappa shape index (κ3) is 5.02. The zero-order valence-corrected chi connectivity index (χ0v) is 18.6. The fourth-order valence-corrected chi connectivity index (χ4v) is 3.97. The van der Waals surface area contributed by atoms with Gasteiger partial charge in [-0.25, -0.2) is 4.98 Å². The van der Waals surface area contributed by atoms with Gasteiger partial charge >= 0.3 is 0 Å². The molecular weight excluding hydrogens is 414 g/mol. The zero-order chi connectivity index (χ0) is 21.8. The van der Waals surface area contributed by atoms with E-state index >= 15 is 0 Å². The minimum absolute atomic E-state index is 0.131. The molecule has 0 N–H and O–H groups in total. The number of carbonyl (C=O) groups excluding carboxylic acids is 1. The lowest BCUT2D eigenvalue weighted by Gasteiger charge is -2.37. The van der Waals surface area contributed by atoms with Crippen LogP contribution in [-0.2, 0) is 11.2 Å². The summed E-state index contributed by atoms with van der Waals surface area (Å²) in [4.78, 5) is 21.2. The van der Waals surface area contributed by atoms with Gasteiger partial charge in [0, 0.05) is 55.3 Å². The van der Waals surface area contributed by atoms with Crippen LogP contribution in [0.2, 0.25) is 5.02 Å². The van der Waals surface area contributed by atoms with Crippen molar-refractivity contribution in [2.24, 2.45) is 0 Å². The standard InChI is InChI=1S/C24H26ClN3O3/c1-17-3-6-19(25)15-21(17)27-11-13-28(14-12-27)24(29)10-9-23-26-16-22(31-23)18-4-7-20(30-2)8-5-18/h3-8,15-16H,9-14H2,1-2H3. The van der Waals surface area contributed by atoms with Gasteiger partial charge in [-0.1, -0.05) is 17.7 Å². The van der Waals surface area contributed by atoms with Crippen LogP contribution in [-0.4, -0.2) is 49.1 Å². The van der Waals surface area contributed by atoms with Gasteiger partial charge in [0.2, 0.25) is 5.91 Å². The molecule has 0 saturated carbocycles. The number of methoxy groups -OCH3 is 1. The minimum atomic E-state index is 0.131. The van der Waals surface area contributed by atoms with Crippen LogP contribution in [0.1, 0.15) is 17.9 Å². The number of hydrogen-bond acceptors (Lipinski definition) is 5. The molecule has 1 fully saturated rings. The number of aryl methyl sites for hydroxylation is 2. The second kappa shape index (κ2) is 9.43. The van der Waals surface area contributed by atoms with Crippen LogP contribution in [0, 0.1) is 6.92 Å². The molecule has 4 rings (SSSR count). The molecule has 2 aromatic carbocycles. The zero-order valence-electron chi connectivity index (χ0n) is 17.8. The Morgan fingerprint density at radius 2 is 1.87 bits per heavy atom. The predicted molar refractivity (Wildman–Crippen MR) is 122 cm³/mol. The Kier molecular flexibility index (Phi) is 6.47. The minimum Gasteiger partial charge on any atom is -0.497 e. The largest absolute Gasteiger partial charge is 0.497 e. The number of ether oxygens (including phenoxy) is 1. The summed E-state index contributed by atoms with van der Waals surface area (Å²) in [6.07, 6.45) is 2.58. The van der Waals surface area contributed by atoms with Gasteiger partial charge in [-0.3, -0.25) is 4.79 Å². The smallest absolute Gasteiger partial charge is 0.223 e. The molecule has 1 aliphatic heterocycles. The molecular formula is C24H26ClN3O3. The molecule has 6 nitrogen and oxygen atoms in total. The molecule has 2 heterocycles. The number of halogens is 1. The molecule has 0 aliphatic carbocycles. The average Bonchev–Trinajstić information content (AvgIpc) is 3.28. The van der Waals surface area contributed by atoms with Gasteiger partial charge in [0.25, 0.3) is 0 Å². The van der Waals surface area contributed by atoms with Gasteiger partial charge < -0.3 is 19.0 Å². The number of hydrogen-bond donors (Lipinski definition) is 0. The van der Waals surface area contributed by atoms with Crippen molar-refractivity contribution in [3.05, 3.63) is 65.1 Å². The van der Waals surface area contributed by atoms with Gasteiger partial charge in [0.15, 0.2) is 11.7 Å². The third-order valence-electron chi connectivity index (χ3n) is 5.63. The molecule has 0 unspecified atom stereocenters. The number of oxazole rings is 1. The molecule has 0 spiro atoms. The Morgan fingerprint density at radius 3 is 2.58 bits per heavy atom. The maximum absolute atomic E-state index is 12.7. The van der Waals surface area contributed by atoms with Crippen LogP contribution in [0.3, 0.4) is 0 Å².